The minimum absolute atomic E-state index is 0.00188. The Morgan fingerprint density at radius 1 is 1.45 bits per heavy atom. The number of nitrogens with one attached hydrogen (secondary N) is 1. The van der Waals surface area contributed by atoms with Crippen LogP contribution in [0, 0.1) is 5.92 Å². The number of hydrogen-bond acceptors (Lipinski definition) is 3. The zero-order valence-corrected chi connectivity index (χ0v) is 11.8. The number of hydrogen-bond donors (Lipinski definition) is 1. The Kier molecular flexibility index (Phi) is 4.74. The number of para-hydroxylation sites is 1. The van der Waals surface area contributed by atoms with E-state index in [-0.39, 0.29) is 30.2 Å². The molecule has 1 saturated heterocycles. The Balaban J connectivity index is 1.94. The summed E-state index contributed by atoms with van der Waals surface area (Å²) in [7, 11) is 1.61. The highest BCUT2D eigenvalue weighted by Crippen LogP contribution is 2.22. The van der Waals surface area contributed by atoms with E-state index < -0.39 is 0 Å². The van der Waals surface area contributed by atoms with Crippen LogP contribution in [0.5, 0.6) is 0 Å². The third-order valence-electron chi connectivity index (χ3n) is 3.51. The lowest BCUT2D eigenvalue weighted by Gasteiger charge is -2.23. The van der Waals surface area contributed by atoms with Crippen molar-refractivity contribution >= 4 is 17.5 Å². The molecule has 0 aromatic heterocycles. The van der Waals surface area contributed by atoms with Gasteiger partial charge in [0, 0.05) is 25.8 Å². The first kappa shape index (κ1) is 14.5. The van der Waals surface area contributed by atoms with Crippen LogP contribution >= 0.6 is 0 Å². The Morgan fingerprint density at radius 3 is 2.80 bits per heavy atom. The van der Waals surface area contributed by atoms with Crippen LogP contribution in [0.4, 0.5) is 5.69 Å². The molecule has 0 radical (unpaired) electrons. The van der Waals surface area contributed by atoms with Crippen molar-refractivity contribution in [3.63, 3.8) is 0 Å². The Bertz CT molecular complexity index is 475. The second-order valence-electron chi connectivity index (χ2n) is 5.11. The standard InChI is InChI=1S/C15H20N2O3/c1-11(10-20-2)17-9-12(8-14(17)18)15(19)16-13-6-4-3-5-7-13/h3-7,11-12H,8-10H2,1-2H3,(H,16,19)/t11-,12-/m1/s1. The molecule has 2 amide bonds. The fourth-order valence-electron chi connectivity index (χ4n) is 2.43. The predicted octanol–water partition coefficient (Wildman–Crippen LogP) is 1.51. The maximum Gasteiger partial charge on any atom is 0.229 e. The Hall–Kier alpha value is -1.88. The van der Waals surface area contributed by atoms with E-state index in [4.69, 9.17) is 4.74 Å². The highest BCUT2D eigenvalue weighted by Gasteiger charge is 2.36. The number of nitrogens with zero attached hydrogens (tertiary/aromatic N) is 1. The second-order valence-corrected chi connectivity index (χ2v) is 5.11. The summed E-state index contributed by atoms with van der Waals surface area (Å²) in [6.45, 7) is 2.87. The van der Waals surface area contributed by atoms with Gasteiger partial charge in [0.1, 0.15) is 0 Å². The summed E-state index contributed by atoms with van der Waals surface area (Å²) >= 11 is 0. The highest BCUT2D eigenvalue weighted by molar-refractivity contribution is 5.97. The number of methoxy groups -OCH3 is 1. The van der Waals surface area contributed by atoms with Crippen LogP contribution in [0.3, 0.4) is 0 Å². The van der Waals surface area contributed by atoms with Gasteiger partial charge in [0.05, 0.1) is 18.6 Å². The van der Waals surface area contributed by atoms with E-state index >= 15 is 0 Å². The molecule has 1 aliphatic heterocycles. The van der Waals surface area contributed by atoms with Crippen molar-refractivity contribution in [1.29, 1.82) is 0 Å². The van der Waals surface area contributed by atoms with Crippen molar-refractivity contribution in [2.75, 3.05) is 25.6 Å². The molecule has 1 heterocycles. The minimum Gasteiger partial charge on any atom is -0.383 e. The van der Waals surface area contributed by atoms with Gasteiger partial charge in [0.15, 0.2) is 0 Å². The van der Waals surface area contributed by atoms with Gasteiger partial charge in [0.25, 0.3) is 0 Å². The van der Waals surface area contributed by atoms with Crippen LogP contribution in [0.2, 0.25) is 0 Å². The van der Waals surface area contributed by atoms with E-state index in [9.17, 15) is 9.59 Å². The SMILES string of the molecule is COC[C@@H](C)N1C[C@H](C(=O)Nc2ccccc2)CC1=O. The summed E-state index contributed by atoms with van der Waals surface area (Å²) < 4.78 is 5.06. The fraction of sp³-hybridized carbons (Fsp3) is 0.467. The van der Waals surface area contributed by atoms with Gasteiger partial charge in [-0.15, -0.1) is 0 Å². The molecular weight excluding hydrogens is 256 g/mol. The second kappa shape index (κ2) is 6.52. The summed E-state index contributed by atoms with van der Waals surface area (Å²) in [5.74, 6) is -0.374. The van der Waals surface area contributed by atoms with Crippen LogP contribution in [-0.2, 0) is 14.3 Å². The van der Waals surface area contributed by atoms with Gasteiger partial charge in [-0.3, -0.25) is 9.59 Å². The average molecular weight is 276 g/mol. The van der Waals surface area contributed by atoms with Crippen LogP contribution in [0.25, 0.3) is 0 Å². The Labute approximate surface area is 118 Å². The van der Waals surface area contributed by atoms with Gasteiger partial charge in [-0.05, 0) is 19.1 Å². The van der Waals surface area contributed by atoms with Crippen molar-refractivity contribution in [3.8, 4) is 0 Å². The number of amides is 2. The number of ether oxygens (including phenoxy) is 1. The average Bonchev–Trinajstić information content (AvgIpc) is 2.82. The molecule has 5 nitrogen and oxygen atoms in total. The first-order valence-electron chi connectivity index (χ1n) is 6.76. The molecule has 0 spiro atoms. The van der Waals surface area contributed by atoms with Crippen LogP contribution in [-0.4, -0.2) is 43.0 Å². The molecule has 1 aliphatic rings. The smallest absolute Gasteiger partial charge is 0.229 e. The van der Waals surface area contributed by atoms with Crippen molar-refractivity contribution in [1.82, 2.24) is 4.90 Å². The van der Waals surface area contributed by atoms with E-state index in [0.29, 0.717) is 13.2 Å². The minimum atomic E-state index is -0.290. The zero-order valence-electron chi connectivity index (χ0n) is 11.8. The third kappa shape index (κ3) is 3.36. The van der Waals surface area contributed by atoms with Crippen LogP contribution < -0.4 is 5.32 Å². The quantitative estimate of drug-likeness (QED) is 0.887. The number of likely N-dealkylation sites (tertiary alicyclic amines) is 1. The molecule has 1 N–H and O–H groups in total. The molecule has 108 valence electrons. The van der Waals surface area contributed by atoms with Crippen LogP contribution in [0.15, 0.2) is 30.3 Å². The molecule has 0 saturated carbocycles. The lowest BCUT2D eigenvalue weighted by molar-refractivity contribution is -0.130. The van der Waals surface area contributed by atoms with E-state index in [1.807, 2.05) is 37.3 Å². The van der Waals surface area contributed by atoms with Gasteiger partial charge in [-0.1, -0.05) is 18.2 Å². The maximum absolute atomic E-state index is 12.2. The number of carbonyl (C=O) groups is 2. The highest BCUT2D eigenvalue weighted by atomic mass is 16.5. The molecule has 0 aliphatic carbocycles. The van der Waals surface area contributed by atoms with E-state index in [0.717, 1.165) is 5.69 Å². The molecule has 1 fully saturated rings. The summed E-state index contributed by atoms with van der Waals surface area (Å²) in [4.78, 5) is 25.8. The first-order chi connectivity index (χ1) is 9.61. The number of benzene rings is 1. The van der Waals surface area contributed by atoms with Gasteiger partial charge in [0.2, 0.25) is 11.8 Å². The van der Waals surface area contributed by atoms with Gasteiger partial charge >= 0.3 is 0 Å². The van der Waals surface area contributed by atoms with Gasteiger partial charge < -0.3 is 15.0 Å². The molecule has 20 heavy (non-hydrogen) atoms. The summed E-state index contributed by atoms with van der Waals surface area (Å²) in [5, 5.41) is 2.85. The lowest BCUT2D eigenvalue weighted by atomic mass is 10.1. The lowest BCUT2D eigenvalue weighted by Crippen LogP contribution is -2.38. The fourth-order valence-corrected chi connectivity index (χ4v) is 2.43. The molecule has 0 bridgehead atoms. The third-order valence-corrected chi connectivity index (χ3v) is 3.51. The van der Waals surface area contributed by atoms with E-state index in [1.165, 1.54) is 0 Å². The summed E-state index contributed by atoms with van der Waals surface area (Å²) in [6, 6.07) is 9.29. The number of carbonyl (C=O) groups excluding carboxylic acids is 2. The number of rotatable bonds is 5. The van der Waals surface area contributed by atoms with E-state index in [2.05, 4.69) is 5.32 Å². The summed E-state index contributed by atoms with van der Waals surface area (Å²) in [6.07, 6.45) is 0.271. The maximum atomic E-state index is 12.2. The van der Waals surface area contributed by atoms with Crippen molar-refractivity contribution in [2.24, 2.45) is 5.92 Å². The molecule has 1 aromatic carbocycles. The molecular formula is C15H20N2O3. The zero-order chi connectivity index (χ0) is 14.5. The normalized spacial score (nSPS) is 20.0. The molecule has 2 atom stereocenters. The topological polar surface area (TPSA) is 58.6 Å². The van der Waals surface area contributed by atoms with Crippen molar-refractivity contribution < 1.29 is 14.3 Å². The van der Waals surface area contributed by atoms with E-state index in [1.54, 1.807) is 12.0 Å². The molecule has 2 rings (SSSR count). The number of anilines is 1. The molecule has 1 aromatic rings. The summed E-state index contributed by atoms with van der Waals surface area (Å²) in [5.41, 5.74) is 0.758. The van der Waals surface area contributed by atoms with Crippen molar-refractivity contribution in [2.45, 2.75) is 19.4 Å². The van der Waals surface area contributed by atoms with Gasteiger partial charge in [-0.25, -0.2) is 0 Å². The van der Waals surface area contributed by atoms with Crippen molar-refractivity contribution in [3.05, 3.63) is 30.3 Å². The first-order valence-corrected chi connectivity index (χ1v) is 6.76. The molecule has 0 unspecified atom stereocenters. The molecule has 5 heteroatoms. The largest absolute Gasteiger partial charge is 0.383 e. The Morgan fingerprint density at radius 2 is 2.15 bits per heavy atom. The van der Waals surface area contributed by atoms with Crippen LogP contribution in [0.1, 0.15) is 13.3 Å². The predicted molar refractivity (Wildman–Crippen MR) is 76.2 cm³/mol. The van der Waals surface area contributed by atoms with Gasteiger partial charge in [-0.2, -0.15) is 0 Å². The monoisotopic (exact) mass is 276 g/mol.